The lowest BCUT2D eigenvalue weighted by Crippen LogP contribution is -2.36. The second kappa shape index (κ2) is 6.20. The molecule has 106 valence electrons. The molecule has 1 aliphatic heterocycles. The molecule has 0 bridgehead atoms. The SMILES string of the molecule is CN(Cc1ccc(-c2ccn[nH]2)cc1)C1CCOCC1. The minimum absolute atomic E-state index is 0.649. The molecule has 0 aliphatic carbocycles. The Hall–Kier alpha value is -1.65. The lowest BCUT2D eigenvalue weighted by molar-refractivity contribution is 0.0407. The van der Waals surface area contributed by atoms with Gasteiger partial charge in [-0.1, -0.05) is 24.3 Å². The van der Waals surface area contributed by atoms with Gasteiger partial charge in [-0.2, -0.15) is 5.10 Å². The van der Waals surface area contributed by atoms with Gasteiger partial charge in [0.05, 0.1) is 5.69 Å². The molecule has 1 aliphatic rings. The van der Waals surface area contributed by atoms with E-state index in [1.54, 1.807) is 6.20 Å². The molecular formula is C16H21N3O. The van der Waals surface area contributed by atoms with Crippen LogP contribution >= 0.6 is 0 Å². The fourth-order valence-corrected chi connectivity index (χ4v) is 2.75. The Labute approximate surface area is 119 Å². The molecule has 4 heteroatoms. The summed E-state index contributed by atoms with van der Waals surface area (Å²) in [7, 11) is 2.21. The van der Waals surface area contributed by atoms with E-state index >= 15 is 0 Å². The molecule has 0 unspecified atom stereocenters. The van der Waals surface area contributed by atoms with Crippen LogP contribution in [0.1, 0.15) is 18.4 Å². The van der Waals surface area contributed by atoms with Gasteiger partial charge in [-0.3, -0.25) is 10.00 Å². The molecule has 0 radical (unpaired) electrons. The van der Waals surface area contributed by atoms with E-state index in [0.717, 1.165) is 38.3 Å². The van der Waals surface area contributed by atoms with Gasteiger partial charge in [0.15, 0.2) is 0 Å². The van der Waals surface area contributed by atoms with Gasteiger partial charge >= 0.3 is 0 Å². The molecule has 1 saturated heterocycles. The molecule has 1 N–H and O–H groups in total. The third kappa shape index (κ3) is 3.08. The Morgan fingerprint density at radius 3 is 2.60 bits per heavy atom. The highest BCUT2D eigenvalue weighted by Gasteiger charge is 2.18. The van der Waals surface area contributed by atoms with E-state index in [4.69, 9.17) is 4.74 Å². The summed E-state index contributed by atoms with van der Waals surface area (Å²) in [5, 5.41) is 6.98. The smallest absolute Gasteiger partial charge is 0.0650 e. The highest BCUT2D eigenvalue weighted by atomic mass is 16.5. The quantitative estimate of drug-likeness (QED) is 0.929. The van der Waals surface area contributed by atoms with Crippen molar-refractivity contribution in [3.05, 3.63) is 42.1 Å². The number of nitrogens with one attached hydrogen (secondary N) is 1. The number of benzene rings is 1. The van der Waals surface area contributed by atoms with Crippen LogP contribution in [0.2, 0.25) is 0 Å². The summed E-state index contributed by atoms with van der Waals surface area (Å²) in [4.78, 5) is 2.44. The van der Waals surface area contributed by atoms with Crippen LogP contribution in [0.3, 0.4) is 0 Å². The first-order valence-corrected chi connectivity index (χ1v) is 7.19. The second-order valence-corrected chi connectivity index (χ2v) is 5.43. The van der Waals surface area contributed by atoms with E-state index < -0.39 is 0 Å². The first-order chi connectivity index (χ1) is 9.83. The molecule has 3 rings (SSSR count). The van der Waals surface area contributed by atoms with Crippen LogP contribution in [0.15, 0.2) is 36.5 Å². The number of aromatic amines is 1. The van der Waals surface area contributed by atoms with Crippen molar-refractivity contribution in [2.75, 3.05) is 20.3 Å². The lowest BCUT2D eigenvalue weighted by atomic mass is 10.1. The van der Waals surface area contributed by atoms with Crippen molar-refractivity contribution >= 4 is 0 Å². The highest BCUT2D eigenvalue weighted by molar-refractivity contribution is 5.58. The number of ether oxygens (including phenoxy) is 1. The number of H-pyrrole nitrogens is 1. The summed E-state index contributed by atoms with van der Waals surface area (Å²) in [6.07, 6.45) is 4.06. The normalized spacial score (nSPS) is 16.7. The van der Waals surface area contributed by atoms with E-state index in [9.17, 15) is 0 Å². The molecule has 2 heterocycles. The zero-order chi connectivity index (χ0) is 13.8. The van der Waals surface area contributed by atoms with E-state index in [0.29, 0.717) is 6.04 Å². The van der Waals surface area contributed by atoms with Gasteiger partial charge in [-0.25, -0.2) is 0 Å². The van der Waals surface area contributed by atoms with Gasteiger partial charge in [-0.05, 0) is 37.1 Å². The molecule has 0 saturated carbocycles. The molecule has 0 spiro atoms. The standard InChI is InChI=1S/C16H21N3O/c1-19(15-7-10-20-11-8-15)12-13-2-4-14(5-3-13)16-6-9-17-18-16/h2-6,9,15H,7-8,10-12H2,1H3,(H,17,18). The molecule has 20 heavy (non-hydrogen) atoms. The zero-order valence-electron chi connectivity index (χ0n) is 11.9. The maximum absolute atomic E-state index is 5.42. The van der Waals surface area contributed by atoms with Crippen molar-refractivity contribution in [2.24, 2.45) is 0 Å². The van der Waals surface area contributed by atoms with Gasteiger partial charge in [0.25, 0.3) is 0 Å². The largest absolute Gasteiger partial charge is 0.381 e. The average Bonchev–Trinajstić information content (AvgIpc) is 3.03. The molecule has 1 aromatic heterocycles. The fourth-order valence-electron chi connectivity index (χ4n) is 2.75. The van der Waals surface area contributed by atoms with Crippen molar-refractivity contribution < 1.29 is 4.74 Å². The first kappa shape index (κ1) is 13.3. The van der Waals surface area contributed by atoms with Crippen molar-refractivity contribution in [2.45, 2.75) is 25.4 Å². The van der Waals surface area contributed by atoms with Gasteiger partial charge in [0.1, 0.15) is 0 Å². The third-order valence-electron chi connectivity index (χ3n) is 4.01. The van der Waals surface area contributed by atoms with Crippen LogP contribution in [0.5, 0.6) is 0 Å². The molecule has 1 aromatic carbocycles. The van der Waals surface area contributed by atoms with Gasteiger partial charge < -0.3 is 4.74 Å². The predicted octanol–water partition coefficient (Wildman–Crippen LogP) is 2.69. The van der Waals surface area contributed by atoms with Crippen LogP contribution < -0.4 is 0 Å². The molecule has 4 nitrogen and oxygen atoms in total. The van der Waals surface area contributed by atoms with Crippen LogP contribution in [0.25, 0.3) is 11.3 Å². The van der Waals surface area contributed by atoms with E-state index in [1.807, 2.05) is 6.07 Å². The molecule has 1 fully saturated rings. The number of nitrogens with zero attached hydrogens (tertiary/aromatic N) is 2. The summed E-state index contributed by atoms with van der Waals surface area (Å²) in [5.41, 5.74) is 3.59. The predicted molar refractivity (Wildman–Crippen MR) is 79.3 cm³/mol. The fraction of sp³-hybridized carbons (Fsp3) is 0.438. The molecule has 2 aromatic rings. The Morgan fingerprint density at radius 2 is 1.95 bits per heavy atom. The van der Waals surface area contributed by atoms with Crippen LogP contribution in [0.4, 0.5) is 0 Å². The van der Waals surface area contributed by atoms with Crippen LogP contribution in [-0.4, -0.2) is 41.4 Å². The number of hydrogen-bond donors (Lipinski definition) is 1. The summed E-state index contributed by atoms with van der Waals surface area (Å²) >= 11 is 0. The Kier molecular flexibility index (Phi) is 4.14. The van der Waals surface area contributed by atoms with Crippen LogP contribution in [-0.2, 0) is 11.3 Å². The Morgan fingerprint density at radius 1 is 1.20 bits per heavy atom. The topological polar surface area (TPSA) is 41.2 Å². The summed E-state index contributed by atoms with van der Waals surface area (Å²) in [6.45, 7) is 2.79. The zero-order valence-corrected chi connectivity index (χ0v) is 11.9. The maximum Gasteiger partial charge on any atom is 0.0650 e. The summed E-state index contributed by atoms with van der Waals surface area (Å²) < 4.78 is 5.42. The number of rotatable bonds is 4. The summed E-state index contributed by atoms with van der Waals surface area (Å²) in [5.74, 6) is 0. The van der Waals surface area contributed by atoms with Crippen molar-refractivity contribution in [3.8, 4) is 11.3 Å². The molecule has 0 atom stereocenters. The minimum Gasteiger partial charge on any atom is -0.381 e. The van der Waals surface area contributed by atoms with Crippen LogP contribution in [0, 0.1) is 0 Å². The third-order valence-corrected chi connectivity index (χ3v) is 4.01. The van der Waals surface area contributed by atoms with Gasteiger partial charge in [0, 0.05) is 32.0 Å². The lowest BCUT2D eigenvalue weighted by Gasteiger charge is -2.31. The Bertz CT molecular complexity index is 515. The molecule has 0 amide bonds. The average molecular weight is 271 g/mol. The van der Waals surface area contributed by atoms with Crippen molar-refractivity contribution in [3.63, 3.8) is 0 Å². The minimum atomic E-state index is 0.649. The maximum atomic E-state index is 5.42. The van der Waals surface area contributed by atoms with Gasteiger partial charge in [0.2, 0.25) is 0 Å². The summed E-state index contributed by atoms with van der Waals surface area (Å²) in [6, 6.07) is 11.3. The number of aromatic nitrogens is 2. The number of hydrogen-bond acceptors (Lipinski definition) is 3. The second-order valence-electron chi connectivity index (χ2n) is 5.43. The van der Waals surface area contributed by atoms with E-state index in [-0.39, 0.29) is 0 Å². The highest BCUT2D eigenvalue weighted by Crippen LogP contribution is 2.19. The van der Waals surface area contributed by atoms with Crippen molar-refractivity contribution in [1.82, 2.24) is 15.1 Å². The first-order valence-electron chi connectivity index (χ1n) is 7.19. The van der Waals surface area contributed by atoms with E-state index in [2.05, 4.69) is 46.4 Å². The monoisotopic (exact) mass is 271 g/mol. The van der Waals surface area contributed by atoms with Gasteiger partial charge in [-0.15, -0.1) is 0 Å². The molecular weight excluding hydrogens is 250 g/mol. The Balaban J connectivity index is 1.63. The van der Waals surface area contributed by atoms with Crippen molar-refractivity contribution in [1.29, 1.82) is 0 Å². The van der Waals surface area contributed by atoms with E-state index in [1.165, 1.54) is 11.1 Å².